The van der Waals surface area contributed by atoms with Gasteiger partial charge in [-0.15, -0.1) is 0 Å². The number of aliphatic hydroxyl groups is 1. The zero-order valence-electron chi connectivity index (χ0n) is 19.9. The molecule has 4 heterocycles. The number of aromatic amines is 1. The predicted molar refractivity (Wildman–Crippen MR) is 131 cm³/mol. The summed E-state index contributed by atoms with van der Waals surface area (Å²) in [5.41, 5.74) is 11.9. The highest BCUT2D eigenvalue weighted by Crippen LogP contribution is 2.41. The summed E-state index contributed by atoms with van der Waals surface area (Å²) in [6.45, 7) is 5.78. The van der Waals surface area contributed by atoms with Crippen molar-refractivity contribution in [2.45, 2.75) is 58.5 Å². The van der Waals surface area contributed by atoms with E-state index in [4.69, 9.17) is 10.8 Å². The maximum absolute atomic E-state index is 12.7. The van der Waals surface area contributed by atoms with Crippen LogP contribution in [0.5, 0.6) is 0 Å². The molecule has 1 aromatic rings. The summed E-state index contributed by atoms with van der Waals surface area (Å²) in [6, 6.07) is 2.18. The van der Waals surface area contributed by atoms with Crippen LogP contribution in [0.15, 0.2) is 41.5 Å². The average molecular weight is 453 g/mol. The number of aliphatic hydroxyl groups excluding tert-OH is 1. The van der Waals surface area contributed by atoms with Gasteiger partial charge in [-0.1, -0.05) is 6.08 Å². The van der Waals surface area contributed by atoms with Crippen LogP contribution in [0.3, 0.4) is 0 Å². The molecule has 0 aromatic carbocycles. The normalized spacial score (nSPS) is 23.4. The lowest BCUT2D eigenvalue weighted by Gasteiger charge is -2.37. The van der Waals surface area contributed by atoms with Gasteiger partial charge < -0.3 is 30.5 Å². The van der Waals surface area contributed by atoms with Crippen molar-refractivity contribution >= 4 is 17.4 Å². The van der Waals surface area contributed by atoms with Crippen LogP contribution in [0.4, 0.5) is 0 Å². The number of amidine groups is 1. The second-order valence-corrected chi connectivity index (χ2v) is 9.28. The molecule has 4 rings (SSSR count). The van der Waals surface area contributed by atoms with Crippen LogP contribution in [-0.2, 0) is 4.79 Å². The van der Waals surface area contributed by atoms with E-state index in [1.807, 2.05) is 11.1 Å². The van der Waals surface area contributed by atoms with E-state index in [2.05, 4.69) is 46.7 Å². The Morgan fingerprint density at radius 2 is 2.12 bits per heavy atom. The van der Waals surface area contributed by atoms with Crippen molar-refractivity contribution in [3.05, 3.63) is 53.5 Å². The summed E-state index contributed by atoms with van der Waals surface area (Å²) < 4.78 is 0. The molecular weight excluding hydrogens is 416 g/mol. The SMILES string of the molecule is Cc1cc(C2=C3C(N)=NC=CN3C(C3CCCN(C(=O)CCC/C=C/O)CC3)N2C)[nH]c1C. The lowest BCUT2D eigenvalue weighted by atomic mass is 9.95. The Morgan fingerprint density at radius 1 is 1.30 bits per heavy atom. The van der Waals surface area contributed by atoms with Gasteiger partial charge in [0.25, 0.3) is 0 Å². The number of fused-ring (bicyclic) bond motifs is 1. The molecule has 1 amide bonds. The number of unbranched alkanes of at least 4 members (excludes halogenated alkanes) is 1. The fourth-order valence-electron chi connectivity index (χ4n) is 5.33. The zero-order valence-corrected chi connectivity index (χ0v) is 19.9. The minimum atomic E-state index is 0.133. The lowest BCUT2D eigenvalue weighted by Crippen LogP contribution is -2.44. The largest absolute Gasteiger partial charge is 0.516 e. The highest BCUT2D eigenvalue weighted by Gasteiger charge is 2.43. The van der Waals surface area contributed by atoms with E-state index in [0.29, 0.717) is 18.2 Å². The van der Waals surface area contributed by atoms with Crippen molar-refractivity contribution in [3.8, 4) is 0 Å². The first kappa shape index (κ1) is 23.0. The van der Waals surface area contributed by atoms with E-state index in [9.17, 15) is 4.79 Å². The summed E-state index contributed by atoms with van der Waals surface area (Å²) >= 11 is 0. The number of H-pyrrole nitrogens is 1. The number of hydrogen-bond donors (Lipinski definition) is 3. The van der Waals surface area contributed by atoms with Crippen LogP contribution in [0.2, 0.25) is 0 Å². The van der Waals surface area contributed by atoms with E-state index in [0.717, 1.165) is 74.2 Å². The second kappa shape index (κ2) is 9.77. The lowest BCUT2D eigenvalue weighted by molar-refractivity contribution is -0.131. The van der Waals surface area contributed by atoms with Crippen molar-refractivity contribution in [3.63, 3.8) is 0 Å². The van der Waals surface area contributed by atoms with Gasteiger partial charge in [0.1, 0.15) is 17.7 Å². The van der Waals surface area contributed by atoms with Crippen molar-refractivity contribution < 1.29 is 9.90 Å². The van der Waals surface area contributed by atoms with Crippen LogP contribution >= 0.6 is 0 Å². The monoisotopic (exact) mass is 452 g/mol. The highest BCUT2D eigenvalue weighted by molar-refractivity contribution is 6.04. The van der Waals surface area contributed by atoms with Gasteiger partial charge in [0.2, 0.25) is 5.91 Å². The third-order valence-electron chi connectivity index (χ3n) is 7.14. The van der Waals surface area contributed by atoms with Gasteiger partial charge >= 0.3 is 0 Å². The summed E-state index contributed by atoms with van der Waals surface area (Å²) in [4.78, 5) is 27.2. The van der Waals surface area contributed by atoms with Gasteiger partial charge in [0.05, 0.1) is 17.7 Å². The van der Waals surface area contributed by atoms with Gasteiger partial charge in [-0.2, -0.15) is 0 Å². The molecule has 33 heavy (non-hydrogen) atoms. The van der Waals surface area contributed by atoms with E-state index < -0.39 is 0 Å². The zero-order chi connectivity index (χ0) is 23.5. The molecular formula is C25H36N6O2. The smallest absolute Gasteiger partial charge is 0.222 e. The first-order chi connectivity index (χ1) is 15.9. The first-order valence-corrected chi connectivity index (χ1v) is 11.9. The Kier molecular flexibility index (Phi) is 6.81. The van der Waals surface area contributed by atoms with Crippen molar-refractivity contribution in [2.75, 3.05) is 20.1 Å². The number of rotatable bonds is 6. The molecule has 0 bridgehead atoms. The molecule has 178 valence electrons. The molecule has 0 spiro atoms. The maximum Gasteiger partial charge on any atom is 0.222 e. The summed E-state index contributed by atoms with van der Waals surface area (Å²) in [6.07, 6.45) is 11.7. The van der Waals surface area contributed by atoms with Crippen LogP contribution in [0.25, 0.3) is 5.70 Å². The number of nitrogens with zero attached hydrogens (tertiary/aromatic N) is 4. The molecule has 4 N–H and O–H groups in total. The Labute approximate surface area is 196 Å². The van der Waals surface area contributed by atoms with Gasteiger partial charge in [-0.25, -0.2) is 4.99 Å². The number of aromatic nitrogens is 1. The highest BCUT2D eigenvalue weighted by atomic mass is 16.2. The van der Waals surface area contributed by atoms with Gasteiger partial charge in [-0.05, 0) is 63.5 Å². The topological polar surface area (TPSA) is 101 Å². The van der Waals surface area contributed by atoms with Crippen molar-refractivity contribution in [2.24, 2.45) is 16.6 Å². The molecule has 3 aliphatic heterocycles. The molecule has 8 nitrogen and oxygen atoms in total. The quantitative estimate of drug-likeness (QED) is 0.452. The Bertz CT molecular complexity index is 985. The number of amides is 1. The number of nitrogens with two attached hydrogens (primary N) is 1. The fourth-order valence-corrected chi connectivity index (χ4v) is 5.33. The van der Waals surface area contributed by atoms with Gasteiger partial charge in [-0.3, -0.25) is 4.79 Å². The minimum absolute atomic E-state index is 0.133. The molecule has 1 aromatic heterocycles. The van der Waals surface area contributed by atoms with Crippen LogP contribution in [-0.4, -0.2) is 62.8 Å². The second-order valence-electron chi connectivity index (χ2n) is 9.28. The van der Waals surface area contributed by atoms with Crippen molar-refractivity contribution in [1.82, 2.24) is 19.7 Å². The van der Waals surface area contributed by atoms with Gasteiger partial charge in [0, 0.05) is 44.7 Å². The van der Waals surface area contributed by atoms with Gasteiger partial charge in [0.15, 0.2) is 0 Å². The maximum atomic E-state index is 12.7. The Balaban J connectivity index is 1.51. The number of hydrogen-bond acceptors (Lipinski definition) is 6. The predicted octanol–water partition coefficient (Wildman–Crippen LogP) is 3.59. The summed E-state index contributed by atoms with van der Waals surface area (Å²) in [5.74, 6) is 1.15. The number of carbonyl (C=O) groups is 1. The van der Waals surface area contributed by atoms with Crippen molar-refractivity contribution in [1.29, 1.82) is 0 Å². The Morgan fingerprint density at radius 3 is 2.85 bits per heavy atom. The minimum Gasteiger partial charge on any atom is -0.516 e. The van der Waals surface area contributed by atoms with Crippen LogP contribution < -0.4 is 5.73 Å². The molecule has 0 aliphatic carbocycles. The molecule has 8 heteroatoms. The Hall–Kier alpha value is -3.16. The number of aliphatic imine (C=N–C) groups is 1. The third kappa shape index (κ3) is 4.51. The van der Waals surface area contributed by atoms with E-state index >= 15 is 0 Å². The number of allylic oxidation sites excluding steroid dienone is 1. The molecule has 3 aliphatic rings. The van der Waals surface area contributed by atoms with Crippen LogP contribution in [0.1, 0.15) is 55.5 Å². The standard InChI is InChI=1S/C25H36N6O2/c1-17-16-20(28-18(17)2)22-23-24(26)27-11-14-31(23)25(29(22)3)19-8-7-12-30(13-10-19)21(33)9-5-4-6-15-32/h6,11,14-16,19,25,28,32H,4-5,7-10,12-13H2,1-3H3,(H2,26,27)/b15-6+. The molecule has 2 atom stereocenters. The fraction of sp³-hybridized carbons (Fsp3) is 0.520. The molecule has 1 fully saturated rings. The van der Waals surface area contributed by atoms with Crippen LogP contribution in [0, 0.1) is 19.8 Å². The number of carbonyl (C=O) groups excluding carboxylic acids is 1. The molecule has 0 saturated carbocycles. The van der Waals surface area contributed by atoms with E-state index in [1.165, 1.54) is 5.56 Å². The summed E-state index contributed by atoms with van der Waals surface area (Å²) in [5, 5.41) is 8.77. The van der Waals surface area contributed by atoms with E-state index in [1.54, 1.807) is 12.3 Å². The average Bonchev–Trinajstić information content (AvgIpc) is 3.15. The number of likely N-dealkylation sites (tertiary alicyclic amines) is 1. The third-order valence-corrected chi connectivity index (χ3v) is 7.14. The first-order valence-electron chi connectivity index (χ1n) is 11.9. The molecule has 0 radical (unpaired) electrons. The number of aryl methyl sites for hydroxylation is 2. The van der Waals surface area contributed by atoms with E-state index in [-0.39, 0.29) is 12.1 Å². The molecule has 1 saturated heterocycles. The molecule has 2 unspecified atom stereocenters. The number of nitrogens with one attached hydrogen (secondary N) is 1. The summed E-state index contributed by atoms with van der Waals surface area (Å²) in [7, 11) is 2.14.